The molecule has 0 amide bonds. The van der Waals surface area contributed by atoms with Crippen molar-refractivity contribution in [2.45, 2.75) is 31.8 Å². The number of halogens is 6. The van der Waals surface area contributed by atoms with Crippen molar-refractivity contribution in [2.24, 2.45) is 0 Å². The van der Waals surface area contributed by atoms with E-state index in [1.807, 2.05) is 0 Å². The number of rotatable bonds is 7. The largest absolute Gasteiger partial charge is 0.490 e. The van der Waals surface area contributed by atoms with Gasteiger partial charge in [-0.3, -0.25) is 0 Å². The number of alkyl halides is 6. The maximum atomic E-state index is 13.1. The summed E-state index contributed by atoms with van der Waals surface area (Å²) < 4.78 is 89.3. The summed E-state index contributed by atoms with van der Waals surface area (Å²) in [5.41, 5.74) is -6.38. The lowest BCUT2D eigenvalue weighted by atomic mass is 9.89. The van der Waals surface area contributed by atoms with E-state index in [1.165, 1.54) is 38.1 Å². The molecule has 31 heavy (non-hydrogen) atoms. The van der Waals surface area contributed by atoms with Crippen molar-refractivity contribution >= 4 is 5.97 Å². The van der Waals surface area contributed by atoms with Gasteiger partial charge >= 0.3 is 18.3 Å². The average molecular weight is 452 g/mol. The SMILES string of the molecule is Cc1cc(C(O)(C(F)(F)F)C(F)(F)F)cc(C)c1OCCOc1ccc(C(=O)O)cc1. The van der Waals surface area contributed by atoms with Crippen molar-refractivity contribution in [3.05, 3.63) is 58.7 Å². The summed E-state index contributed by atoms with van der Waals surface area (Å²) in [6.07, 6.45) is -12.0. The van der Waals surface area contributed by atoms with E-state index in [-0.39, 0.29) is 35.7 Å². The summed E-state index contributed by atoms with van der Waals surface area (Å²) in [6.45, 7) is 2.39. The normalized spacial score (nSPS) is 12.5. The third kappa shape index (κ3) is 5.04. The molecule has 0 saturated carbocycles. The fraction of sp³-hybridized carbons (Fsp3) is 0.350. The predicted molar refractivity (Wildman–Crippen MR) is 96.3 cm³/mol. The molecule has 2 aromatic carbocycles. The molecule has 0 fully saturated rings. The highest BCUT2D eigenvalue weighted by Gasteiger charge is 2.71. The molecule has 0 atom stereocenters. The van der Waals surface area contributed by atoms with Gasteiger partial charge < -0.3 is 19.7 Å². The van der Waals surface area contributed by atoms with Gasteiger partial charge in [-0.25, -0.2) is 4.79 Å². The van der Waals surface area contributed by atoms with Crippen LogP contribution < -0.4 is 9.47 Å². The summed E-state index contributed by atoms with van der Waals surface area (Å²) in [6, 6.07) is 6.65. The van der Waals surface area contributed by atoms with Gasteiger partial charge in [-0.2, -0.15) is 26.3 Å². The minimum atomic E-state index is -5.98. The Labute approximate surface area is 172 Å². The van der Waals surface area contributed by atoms with Crippen molar-refractivity contribution in [1.29, 1.82) is 0 Å². The van der Waals surface area contributed by atoms with Gasteiger partial charge in [0.1, 0.15) is 24.7 Å². The van der Waals surface area contributed by atoms with E-state index >= 15 is 0 Å². The first-order valence-corrected chi connectivity index (χ1v) is 8.75. The lowest BCUT2D eigenvalue weighted by Gasteiger charge is -2.33. The number of hydrogen-bond acceptors (Lipinski definition) is 4. The molecule has 2 aromatic rings. The van der Waals surface area contributed by atoms with E-state index in [0.717, 1.165) is 0 Å². The molecule has 0 unspecified atom stereocenters. The van der Waals surface area contributed by atoms with Crippen LogP contribution in [0.1, 0.15) is 27.0 Å². The molecule has 0 spiro atoms. The Kier molecular flexibility index (Phi) is 6.79. The van der Waals surface area contributed by atoms with E-state index < -0.39 is 29.5 Å². The maximum Gasteiger partial charge on any atom is 0.430 e. The molecule has 0 aromatic heterocycles. The molecule has 170 valence electrons. The van der Waals surface area contributed by atoms with Gasteiger partial charge in [-0.15, -0.1) is 0 Å². The van der Waals surface area contributed by atoms with Gasteiger partial charge in [-0.05, 0) is 61.4 Å². The predicted octanol–water partition coefficient (Wildman–Crippen LogP) is 4.77. The second kappa shape index (κ2) is 8.66. The fourth-order valence-corrected chi connectivity index (χ4v) is 2.87. The van der Waals surface area contributed by atoms with E-state index in [4.69, 9.17) is 14.6 Å². The Balaban J connectivity index is 2.13. The second-order valence-corrected chi connectivity index (χ2v) is 6.67. The number of carboxylic acids is 1. The molecule has 0 aliphatic carbocycles. The first-order chi connectivity index (χ1) is 14.2. The quantitative estimate of drug-likeness (QED) is 0.468. The minimum absolute atomic E-state index is 0.0257. The molecule has 0 radical (unpaired) electrons. The van der Waals surface area contributed by atoms with Crippen molar-refractivity contribution in [2.75, 3.05) is 13.2 Å². The first-order valence-electron chi connectivity index (χ1n) is 8.75. The lowest BCUT2D eigenvalue weighted by molar-refractivity contribution is -0.376. The van der Waals surface area contributed by atoms with Crippen molar-refractivity contribution in [1.82, 2.24) is 0 Å². The lowest BCUT2D eigenvalue weighted by Crippen LogP contribution is -2.54. The van der Waals surface area contributed by atoms with Crippen LogP contribution in [0, 0.1) is 13.8 Å². The number of aryl methyl sites for hydroxylation is 2. The monoisotopic (exact) mass is 452 g/mol. The zero-order valence-corrected chi connectivity index (χ0v) is 16.3. The molecule has 11 heteroatoms. The number of aromatic carboxylic acids is 1. The van der Waals surface area contributed by atoms with Crippen LogP contribution in [0.5, 0.6) is 11.5 Å². The summed E-state index contributed by atoms with van der Waals surface area (Å²) in [7, 11) is 0. The van der Waals surface area contributed by atoms with Crippen LogP contribution in [-0.4, -0.2) is 41.7 Å². The van der Waals surface area contributed by atoms with E-state index in [1.54, 1.807) is 0 Å². The Morgan fingerprint density at radius 3 is 1.74 bits per heavy atom. The van der Waals surface area contributed by atoms with E-state index in [0.29, 0.717) is 17.9 Å². The number of hydrogen-bond donors (Lipinski definition) is 2. The third-order valence-corrected chi connectivity index (χ3v) is 4.40. The number of carbonyl (C=O) groups is 1. The minimum Gasteiger partial charge on any atom is -0.490 e. The summed E-state index contributed by atoms with van der Waals surface area (Å²) in [5.74, 6) is -0.703. The average Bonchev–Trinajstić information content (AvgIpc) is 2.64. The van der Waals surface area contributed by atoms with E-state index in [9.17, 15) is 36.2 Å². The van der Waals surface area contributed by atoms with Crippen LogP contribution >= 0.6 is 0 Å². The zero-order chi connectivity index (χ0) is 23.6. The molecule has 0 heterocycles. The van der Waals surface area contributed by atoms with Gasteiger partial charge in [0.15, 0.2) is 0 Å². The van der Waals surface area contributed by atoms with Crippen LogP contribution in [0.2, 0.25) is 0 Å². The van der Waals surface area contributed by atoms with Crippen molar-refractivity contribution in [3.63, 3.8) is 0 Å². The van der Waals surface area contributed by atoms with Gasteiger partial charge in [-0.1, -0.05) is 0 Å². The highest BCUT2D eigenvalue weighted by Crippen LogP contribution is 2.50. The molecule has 0 saturated heterocycles. The molecular weight excluding hydrogens is 434 g/mol. The fourth-order valence-electron chi connectivity index (χ4n) is 2.87. The van der Waals surface area contributed by atoms with Gasteiger partial charge in [0.25, 0.3) is 5.60 Å². The van der Waals surface area contributed by atoms with Crippen LogP contribution in [0.3, 0.4) is 0 Å². The number of benzene rings is 2. The molecule has 0 bridgehead atoms. The summed E-state index contributed by atoms with van der Waals surface area (Å²) >= 11 is 0. The van der Waals surface area contributed by atoms with Crippen molar-refractivity contribution < 1.29 is 50.8 Å². The smallest absolute Gasteiger partial charge is 0.430 e. The van der Waals surface area contributed by atoms with Gasteiger partial charge in [0.2, 0.25) is 0 Å². The molecule has 5 nitrogen and oxygen atoms in total. The summed E-state index contributed by atoms with van der Waals surface area (Å²) in [5, 5.41) is 18.4. The second-order valence-electron chi connectivity index (χ2n) is 6.67. The number of aliphatic hydroxyl groups is 1. The van der Waals surface area contributed by atoms with Gasteiger partial charge in [0.05, 0.1) is 5.56 Å². The standard InChI is InChI=1S/C20H18F6O5/c1-11-9-14(18(29,19(21,22)23)20(24,25)26)10-12(2)16(11)31-8-7-30-15-5-3-13(4-6-15)17(27)28/h3-6,9-10,29H,7-8H2,1-2H3,(H,27,28). The molecule has 0 aliphatic heterocycles. The van der Waals surface area contributed by atoms with E-state index in [2.05, 4.69) is 0 Å². The Morgan fingerprint density at radius 2 is 1.32 bits per heavy atom. The first kappa shape index (κ1) is 24.3. The maximum absolute atomic E-state index is 13.1. The highest BCUT2D eigenvalue weighted by atomic mass is 19.4. The van der Waals surface area contributed by atoms with Crippen molar-refractivity contribution in [3.8, 4) is 11.5 Å². The van der Waals surface area contributed by atoms with Crippen LogP contribution in [-0.2, 0) is 5.60 Å². The Morgan fingerprint density at radius 1 is 0.871 bits per heavy atom. The van der Waals surface area contributed by atoms with Gasteiger partial charge in [0, 0.05) is 5.56 Å². The van der Waals surface area contributed by atoms with Crippen LogP contribution in [0.25, 0.3) is 0 Å². The Hall–Kier alpha value is -2.95. The van der Waals surface area contributed by atoms with Crippen LogP contribution in [0.4, 0.5) is 26.3 Å². The number of ether oxygens (including phenoxy) is 2. The highest BCUT2D eigenvalue weighted by molar-refractivity contribution is 5.87. The Bertz CT molecular complexity index is 898. The zero-order valence-electron chi connectivity index (χ0n) is 16.3. The molecule has 2 rings (SSSR count). The molecular formula is C20H18F6O5. The molecule has 2 N–H and O–H groups in total. The molecule has 0 aliphatic rings. The number of carboxylic acid groups (broad SMARTS) is 1. The topological polar surface area (TPSA) is 76.0 Å². The summed E-state index contributed by atoms with van der Waals surface area (Å²) in [4.78, 5) is 10.8. The van der Waals surface area contributed by atoms with Crippen LogP contribution in [0.15, 0.2) is 36.4 Å². The third-order valence-electron chi connectivity index (χ3n) is 4.40.